The minimum Gasteiger partial charge on any atom is -0.369 e. The third kappa shape index (κ3) is 3.98. The Morgan fingerprint density at radius 2 is 2.07 bits per heavy atom. The molecule has 0 radical (unpaired) electrons. The van der Waals surface area contributed by atoms with E-state index >= 15 is 0 Å². The van der Waals surface area contributed by atoms with Crippen LogP contribution in [0, 0.1) is 0 Å². The van der Waals surface area contributed by atoms with Crippen molar-refractivity contribution in [3.05, 3.63) is 30.1 Å². The lowest BCUT2D eigenvalue weighted by atomic mass is 10.1. The lowest BCUT2D eigenvalue weighted by molar-refractivity contribution is -0.00287. The SMILES string of the molecule is CCCC(C)OC(CN)c1ccncc1. The van der Waals surface area contributed by atoms with E-state index < -0.39 is 0 Å². The van der Waals surface area contributed by atoms with Crippen molar-refractivity contribution in [2.75, 3.05) is 6.54 Å². The molecule has 0 aliphatic rings. The van der Waals surface area contributed by atoms with Gasteiger partial charge >= 0.3 is 0 Å². The highest BCUT2D eigenvalue weighted by Crippen LogP contribution is 2.18. The first-order valence-corrected chi connectivity index (χ1v) is 5.53. The fourth-order valence-electron chi connectivity index (χ4n) is 1.60. The Bertz CT molecular complexity index is 264. The van der Waals surface area contributed by atoms with Gasteiger partial charge in [0.05, 0.1) is 12.2 Å². The van der Waals surface area contributed by atoms with Crippen molar-refractivity contribution < 1.29 is 4.74 Å². The molecule has 0 aliphatic carbocycles. The number of hydrogen-bond donors (Lipinski definition) is 1. The zero-order valence-electron chi connectivity index (χ0n) is 9.52. The molecule has 0 spiro atoms. The van der Waals surface area contributed by atoms with Crippen molar-refractivity contribution in [1.82, 2.24) is 4.98 Å². The highest BCUT2D eigenvalue weighted by molar-refractivity contribution is 5.13. The quantitative estimate of drug-likeness (QED) is 0.780. The van der Waals surface area contributed by atoms with Crippen LogP contribution in [0.25, 0.3) is 0 Å². The molecule has 0 aliphatic heterocycles. The summed E-state index contributed by atoms with van der Waals surface area (Å²) in [5.41, 5.74) is 6.81. The van der Waals surface area contributed by atoms with Gasteiger partial charge in [0.25, 0.3) is 0 Å². The molecule has 3 nitrogen and oxygen atoms in total. The lowest BCUT2D eigenvalue weighted by Crippen LogP contribution is -2.20. The Morgan fingerprint density at radius 1 is 1.40 bits per heavy atom. The van der Waals surface area contributed by atoms with Crippen LogP contribution < -0.4 is 5.73 Å². The van der Waals surface area contributed by atoms with Crippen LogP contribution in [-0.4, -0.2) is 17.6 Å². The van der Waals surface area contributed by atoms with Gasteiger partial charge in [-0.25, -0.2) is 0 Å². The van der Waals surface area contributed by atoms with E-state index in [0.717, 1.165) is 18.4 Å². The fraction of sp³-hybridized carbons (Fsp3) is 0.583. The number of nitrogens with zero attached hydrogens (tertiary/aromatic N) is 1. The molecule has 1 aromatic heterocycles. The van der Waals surface area contributed by atoms with Gasteiger partial charge in [-0.3, -0.25) is 4.98 Å². The van der Waals surface area contributed by atoms with Gasteiger partial charge < -0.3 is 10.5 Å². The first-order chi connectivity index (χ1) is 7.27. The van der Waals surface area contributed by atoms with Crippen LogP contribution in [0.1, 0.15) is 38.4 Å². The van der Waals surface area contributed by atoms with E-state index in [1.54, 1.807) is 12.4 Å². The van der Waals surface area contributed by atoms with Crippen molar-refractivity contribution in [2.45, 2.75) is 38.9 Å². The van der Waals surface area contributed by atoms with Crippen molar-refractivity contribution in [3.63, 3.8) is 0 Å². The van der Waals surface area contributed by atoms with E-state index in [0.29, 0.717) is 6.54 Å². The Balaban J connectivity index is 2.56. The molecular weight excluding hydrogens is 188 g/mol. The number of hydrogen-bond acceptors (Lipinski definition) is 3. The summed E-state index contributed by atoms with van der Waals surface area (Å²) in [6, 6.07) is 3.91. The minimum atomic E-state index is -0.00505. The summed E-state index contributed by atoms with van der Waals surface area (Å²) in [7, 11) is 0. The summed E-state index contributed by atoms with van der Waals surface area (Å²) < 4.78 is 5.87. The van der Waals surface area contributed by atoms with Gasteiger partial charge in [0.1, 0.15) is 0 Å². The Morgan fingerprint density at radius 3 is 2.60 bits per heavy atom. The number of aromatic nitrogens is 1. The average Bonchev–Trinajstić information content (AvgIpc) is 2.27. The highest BCUT2D eigenvalue weighted by atomic mass is 16.5. The Hall–Kier alpha value is -0.930. The summed E-state index contributed by atoms with van der Waals surface area (Å²) in [6.45, 7) is 4.76. The maximum Gasteiger partial charge on any atom is 0.0951 e. The molecule has 0 bridgehead atoms. The monoisotopic (exact) mass is 208 g/mol. The van der Waals surface area contributed by atoms with Gasteiger partial charge in [-0.1, -0.05) is 13.3 Å². The molecule has 0 aromatic carbocycles. The van der Waals surface area contributed by atoms with Crippen LogP contribution in [0.2, 0.25) is 0 Å². The van der Waals surface area contributed by atoms with Gasteiger partial charge in [0.2, 0.25) is 0 Å². The van der Waals surface area contributed by atoms with Gasteiger partial charge in [-0.2, -0.15) is 0 Å². The first-order valence-electron chi connectivity index (χ1n) is 5.53. The number of nitrogens with two attached hydrogens (primary N) is 1. The molecule has 84 valence electrons. The molecule has 0 amide bonds. The summed E-state index contributed by atoms with van der Waals surface area (Å²) in [5, 5.41) is 0. The van der Waals surface area contributed by atoms with Crippen LogP contribution >= 0.6 is 0 Å². The van der Waals surface area contributed by atoms with Gasteiger partial charge in [0.15, 0.2) is 0 Å². The lowest BCUT2D eigenvalue weighted by Gasteiger charge is -2.21. The Kier molecular flexibility index (Phi) is 5.29. The molecule has 2 N–H and O–H groups in total. The summed E-state index contributed by atoms with van der Waals surface area (Å²) in [5.74, 6) is 0. The molecule has 1 rings (SSSR count). The maximum atomic E-state index is 5.87. The third-order valence-corrected chi connectivity index (χ3v) is 2.38. The van der Waals surface area contributed by atoms with Crippen LogP contribution in [0.15, 0.2) is 24.5 Å². The zero-order valence-corrected chi connectivity index (χ0v) is 9.52. The molecule has 15 heavy (non-hydrogen) atoms. The smallest absolute Gasteiger partial charge is 0.0951 e. The topological polar surface area (TPSA) is 48.1 Å². The molecule has 1 heterocycles. The van der Waals surface area contributed by atoms with E-state index in [1.807, 2.05) is 12.1 Å². The highest BCUT2D eigenvalue weighted by Gasteiger charge is 2.13. The van der Waals surface area contributed by atoms with E-state index in [4.69, 9.17) is 10.5 Å². The maximum absolute atomic E-state index is 5.87. The molecule has 0 fully saturated rings. The summed E-state index contributed by atoms with van der Waals surface area (Å²) >= 11 is 0. The fourth-order valence-corrected chi connectivity index (χ4v) is 1.60. The van der Waals surface area contributed by atoms with E-state index in [2.05, 4.69) is 18.8 Å². The number of rotatable bonds is 6. The van der Waals surface area contributed by atoms with E-state index in [1.165, 1.54) is 0 Å². The van der Waals surface area contributed by atoms with Crippen LogP contribution in [-0.2, 0) is 4.74 Å². The van der Waals surface area contributed by atoms with Crippen LogP contribution in [0.5, 0.6) is 0 Å². The largest absolute Gasteiger partial charge is 0.369 e. The number of ether oxygens (including phenoxy) is 1. The van der Waals surface area contributed by atoms with Gasteiger partial charge in [-0.15, -0.1) is 0 Å². The predicted octanol–water partition coefficient (Wildman–Crippen LogP) is 2.29. The van der Waals surface area contributed by atoms with E-state index in [9.17, 15) is 0 Å². The van der Waals surface area contributed by atoms with Crippen molar-refractivity contribution in [1.29, 1.82) is 0 Å². The second kappa shape index (κ2) is 6.53. The molecule has 0 saturated heterocycles. The number of pyridine rings is 1. The normalized spacial score (nSPS) is 14.9. The standard InChI is InChI=1S/C12H20N2O/c1-3-4-10(2)15-12(9-13)11-5-7-14-8-6-11/h5-8,10,12H,3-4,9,13H2,1-2H3. The Labute approximate surface area is 91.7 Å². The third-order valence-electron chi connectivity index (χ3n) is 2.38. The molecular formula is C12H20N2O. The minimum absolute atomic E-state index is 0.00505. The molecule has 3 heteroatoms. The van der Waals surface area contributed by atoms with Crippen molar-refractivity contribution >= 4 is 0 Å². The van der Waals surface area contributed by atoms with E-state index in [-0.39, 0.29) is 12.2 Å². The molecule has 0 saturated carbocycles. The second-order valence-electron chi connectivity index (χ2n) is 3.74. The predicted molar refractivity (Wildman–Crippen MR) is 61.5 cm³/mol. The zero-order chi connectivity index (χ0) is 11.1. The molecule has 2 atom stereocenters. The summed E-state index contributed by atoms with van der Waals surface area (Å²) in [6.07, 6.45) is 6.00. The van der Waals surface area contributed by atoms with Gasteiger partial charge in [0, 0.05) is 18.9 Å². The average molecular weight is 208 g/mol. The van der Waals surface area contributed by atoms with Crippen molar-refractivity contribution in [3.8, 4) is 0 Å². The van der Waals surface area contributed by atoms with Crippen molar-refractivity contribution in [2.24, 2.45) is 5.73 Å². The van der Waals surface area contributed by atoms with Gasteiger partial charge in [-0.05, 0) is 31.0 Å². The van der Waals surface area contributed by atoms with Crippen LogP contribution in [0.4, 0.5) is 0 Å². The summed E-state index contributed by atoms with van der Waals surface area (Å²) in [4.78, 5) is 3.98. The first kappa shape index (κ1) is 12.1. The molecule has 1 aromatic rings. The molecule has 2 unspecified atom stereocenters. The van der Waals surface area contributed by atoms with Crippen LogP contribution in [0.3, 0.4) is 0 Å². The second-order valence-corrected chi connectivity index (χ2v) is 3.74.